The van der Waals surface area contributed by atoms with Gasteiger partial charge in [0.25, 0.3) is 0 Å². The number of halogens is 3. The van der Waals surface area contributed by atoms with Crippen LogP contribution in [0.15, 0.2) is 0 Å². The van der Waals surface area contributed by atoms with Gasteiger partial charge in [-0.2, -0.15) is 0 Å². The average molecular weight is 415 g/mol. The molecule has 0 aromatic carbocycles. The molecule has 0 fully saturated rings. The van der Waals surface area contributed by atoms with Gasteiger partial charge in [-0.05, 0) is 0 Å². The molecule has 0 saturated carbocycles. The summed E-state index contributed by atoms with van der Waals surface area (Å²) in [5.74, 6) is 0. The Morgan fingerprint density at radius 3 is 0.500 bits per heavy atom. The molecule has 0 N–H and O–H groups in total. The van der Waals surface area contributed by atoms with E-state index in [1.807, 2.05) is 0 Å². The molecule has 0 saturated heterocycles. The van der Waals surface area contributed by atoms with E-state index in [1.54, 1.807) is 0 Å². The van der Waals surface area contributed by atoms with E-state index in [-0.39, 0.29) is 51.7 Å². The Kier molecular flexibility index (Phi) is 50.6. The SMILES string of the molecule is [In+3].[In+3].[O-]B([O-])F.[O-]B([O-])F.[O-]B([O-])F. The molecular formula is B3F3In2O6. The van der Waals surface area contributed by atoms with Gasteiger partial charge in [0.1, 0.15) is 22.2 Å². The Labute approximate surface area is 116 Å². The van der Waals surface area contributed by atoms with Crippen LogP contribution in [0.1, 0.15) is 0 Å². The number of rotatable bonds is 0. The molecule has 0 spiro atoms. The van der Waals surface area contributed by atoms with E-state index in [1.165, 1.54) is 0 Å². The molecule has 6 nitrogen and oxygen atoms in total. The predicted molar refractivity (Wildman–Crippen MR) is 32.1 cm³/mol. The van der Waals surface area contributed by atoms with Crippen molar-refractivity contribution in [3.63, 3.8) is 0 Å². The normalized spacial score (nSPS) is 5.79. The molecule has 0 unspecified atom stereocenters. The fourth-order valence-electron chi connectivity index (χ4n) is 0. The quantitative estimate of drug-likeness (QED) is 0.361. The minimum atomic E-state index is -3.17. The molecule has 0 aromatic heterocycles. The van der Waals surface area contributed by atoms with Crippen LogP contribution in [0.4, 0.5) is 12.9 Å². The van der Waals surface area contributed by atoms with E-state index >= 15 is 0 Å². The molecule has 0 atom stereocenters. The smallest absolute Gasteiger partial charge is 0.867 e. The molecule has 0 radical (unpaired) electrons. The monoisotopic (exact) mass is 416 g/mol. The van der Waals surface area contributed by atoms with Crippen molar-refractivity contribution < 1.29 is 43.1 Å². The van der Waals surface area contributed by atoms with E-state index in [0.717, 1.165) is 0 Å². The van der Waals surface area contributed by atoms with Gasteiger partial charge < -0.3 is 43.1 Å². The molecule has 0 aromatic rings. The van der Waals surface area contributed by atoms with Gasteiger partial charge in [-0.1, -0.05) is 0 Å². The zero-order chi connectivity index (χ0) is 10.7. The van der Waals surface area contributed by atoms with Crippen molar-refractivity contribution in [2.24, 2.45) is 0 Å². The third-order valence-corrected chi connectivity index (χ3v) is 0. The Morgan fingerprint density at radius 1 is 0.500 bits per heavy atom. The first kappa shape index (κ1) is 29.6. The molecule has 0 aliphatic heterocycles. The summed E-state index contributed by atoms with van der Waals surface area (Å²) in [4.78, 5) is 0. The molecule has 0 aliphatic carbocycles. The third kappa shape index (κ3) is 953. The van der Waals surface area contributed by atoms with Gasteiger partial charge in [-0.15, -0.1) is 0 Å². The second-order valence-corrected chi connectivity index (χ2v) is 0.823. The maximum Gasteiger partial charge on any atom is 3.00 e. The van der Waals surface area contributed by atoms with E-state index < -0.39 is 22.2 Å². The standard InChI is InChI=1S/3BFO2.2In/c3*2-1(3)4;;/q3*-2;2*+3. The van der Waals surface area contributed by atoms with Crippen LogP contribution >= 0.6 is 0 Å². The summed E-state index contributed by atoms with van der Waals surface area (Å²) < 4.78 is 29.7. The Bertz CT molecular complexity index is 54.8. The Hall–Kier alpha value is 1.49. The summed E-state index contributed by atoms with van der Waals surface area (Å²) in [7, 11) is -9.50. The third-order valence-electron chi connectivity index (χ3n) is 0. The van der Waals surface area contributed by atoms with Gasteiger partial charge in [0.15, 0.2) is 0 Å². The van der Waals surface area contributed by atoms with E-state index in [2.05, 4.69) is 0 Å². The first-order valence-electron chi connectivity index (χ1n) is 2.07. The minimum Gasteiger partial charge on any atom is -0.867 e. The molecule has 0 heterocycles. The maximum atomic E-state index is 9.89. The van der Waals surface area contributed by atoms with Crippen LogP contribution in [0.3, 0.4) is 0 Å². The van der Waals surface area contributed by atoms with Crippen LogP contribution in [-0.4, -0.2) is 73.9 Å². The van der Waals surface area contributed by atoms with Gasteiger partial charge in [0.2, 0.25) is 0 Å². The summed E-state index contributed by atoms with van der Waals surface area (Å²) in [6.45, 7) is 0. The number of hydrogen-bond donors (Lipinski definition) is 0. The van der Waals surface area contributed by atoms with Crippen molar-refractivity contribution in [2.75, 3.05) is 0 Å². The Balaban J connectivity index is -0.0000000270. The molecule has 14 heavy (non-hydrogen) atoms. The van der Waals surface area contributed by atoms with Gasteiger partial charge in [0.05, 0.1) is 0 Å². The minimum absolute atomic E-state index is 0. The van der Waals surface area contributed by atoms with Crippen LogP contribution in [-0.2, 0) is 0 Å². The van der Waals surface area contributed by atoms with Crippen molar-refractivity contribution in [1.82, 2.24) is 0 Å². The van der Waals surface area contributed by atoms with Crippen molar-refractivity contribution in [2.45, 2.75) is 0 Å². The van der Waals surface area contributed by atoms with Crippen molar-refractivity contribution in [3.05, 3.63) is 0 Å². The molecule has 14 heteroatoms. The van der Waals surface area contributed by atoms with Gasteiger partial charge >= 0.3 is 51.7 Å². The van der Waals surface area contributed by atoms with Crippen molar-refractivity contribution in [1.29, 1.82) is 0 Å². The van der Waals surface area contributed by atoms with Crippen molar-refractivity contribution in [3.8, 4) is 0 Å². The van der Waals surface area contributed by atoms with E-state index in [0.29, 0.717) is 0 Å². The molecule has 0 bridgehead atoms. The average Bonchev–Trinajstić information content (AvgIpc) is 1.54. The topological polar surface area (TPSA) is 138 Å². The van der Waals surface area contributed by atoms with Gasteiger partial charge in [0, 0.05) is 0 Å². The van der Waals surface area contributed by atoms with Crippen molar-refractivity contribution >= 4 is 73.9 Å². The zero-order valence-corrected chi connectivity index (χ0v) is 13.1. The molecular weight excluding hydrogens is 415 g/mol. The largest absolute Gasteiger partial charge is 3.00 e. The predicted octanol–water partition coefficient (Wildman–Crippen LogP) is -7.78. The summed E-state index contributed by atoms with van der Waals surface area (Å²) in [5, 5.41) is 49.8. The fraction of sp³-hybridized carbons (Fsp3) is 0. The van der Waals surface area contributed by atoms with Crippen LogP contribution in [0, 0.1) is 0 Å². The first-order chi connectivity index (χ1) is 5.20. The van der Waals surface area contributed by atoms with E-state index in [9.17, 15) is 12.9 Å². The zero-order valence-electron chi connectivity index (χ0n) is 6.47. The van der Waals surface area contributed by atoms with Crippen LogP contribution in [0.2, 0.25) is 0 Å². The molecule has 0 aliphatic rings. The second-order valence-electron chi connectivity index (χ2n) is 0.823. The van der Waals surface area contributed by atoms with Crippen LogP contribution < -0.4 is 30.1 Å². The second kappa shape index (κ2) is 24.0. The van der Waals surface area contributed by atoms with Crippen LogP contribution in [0.25, 0.3) is 0 Å². The van der Waals surface area contributed by atoms with Crippen LogP contribution in [0.5, 0.6) is 0 Å². The molecule has 72 valence electrons. The maximum absolute atomic E-state index is 9.89. The number of hydrogen-bond acceptors (Lipinski definition) is 6. The first-order valence-corrected chi connectivity index (χ1v) is 2.07. The van der Waals surface area contributed by atoms with Gasteiger partial charge in [-0.25, -0.2) is 0 Å². The molecule has 0 rings (SSSR count). The molecule has 0 amide bonds. The fourth-order valence-corrected chi connectivity index (χ4v) is 0. The Morgan fingerprint density at radius 2 is 0.500 bits per heavy atom. The summed E-state index contributed by atoms with van der Waals surface area (Å²) in [6, 6.07) is 0. The van der Waals surface area contributed by atoms with E-state index in [4.69, 9.17) is 30.1 Å². The van der Waals surface area contributed by atoms with Gasteiger partial charge in [-0.3, -0.25) is 0 Å². The summed E-state index contributed by atoms with van der Waals surface area (Å²) in [6.07, 6.45) is 0. The summed E-state index contributed by atoms with van der Waals surface area (Å²) in [5.41, 5.74) is 0. The summed E-state index contributed by atoms with van der Waals surface area (Å²) >= 11 is 0.